The number of anilines is 3. The zero-order valence-electron chi connectivity index (χ0n) is 17.6. The van der Waals surface area contributed by atoms with Gasteiger partial charge >= 0.3 is 0 Å². The Kier molecular flexibility index (Phi) is 6.83. The average molecular weight is 428 g/mol. The smallest absolute Gasteiger partial charge is 0.227 e. The van der Waals surface area contributed by atoms with Crippen molar-refractivity contribution in [3.05, 3.63) is 36.2 Å². The predicted molar refractivity (Wildman–Crippen MR) is 119 cm³/mol. The number of amides is 1. The number of hydrogen-bond acceptors (Lipinski definition) is 8. The molecule has 0 fully saturated rings. The monoisotopic (exact) mass is 427 g/mol. The Morgan fingerprint density at radius 2 is 2.00 bits per heavy atom. The van der Waals surface area contributed by atoms with Crippen LogP contribution in [0.15, 0.2) is 30.5 Å². The zero-order valence-corrected chi connectivity index (χ0v) is 18.5. The van der Waals surface area contributed by atoms with E-state index in [0.717, 1.165) is 22.7 Å². The summed E-state index contributed by atoms with van der Waals surface area (Å²) in [6.45, 7) is 5.68. The van der Waals surface area contributed by atoms with Crippen LogP contribution in [0.2, 0.25) is 0 Å². The molecule has 3 rings (SSSR count). The van der Waals surface area contributed by atoms with E-state index in [1.54, 1.807) is 20.4 Å². The molecular weight excluding hydrogens is 402 g/mol. The van der Waals surface area contributed by atoms with Gasteiger partial charge in [-0.3, -0.25) is 4.79 Å². The molecule has 3 aromatic rings. The van der Waals surface area contributed by atoms with Crippen LogP contribution in [0.1, 0.15) is 38.8 Å². The van der Waals surface area contributed by atoms with Gasteiger partial charge in [0, 0.05) is 19.2 Å². The topological polar surface area (TPSA) is 98.3 Å². The molecule has 8 nitrogen and oxygen atoms in total. The van der Waals surface area contributed by atoms with Crippen LogP contribution in [0.5, 0.6) is 11.5 Å². The highest BCUT2D eigenvalue weighted by Crippen LogP contribution is 2.38. The molecule has 0 aliphatic carbocycles. The fourth-order valence-corrected chi connectivity index (χ4v) is 3.93. The molecule has 158 valence electrons. The molecule has 2 aromatic heterocycles. The maximum absolute atomic E-state index is 11.5. The average Bonchev–Trinajstić information content (AvgIpc) is 3.16. The van der Waals surface area contributed by atoms with Gasteiger partial charge in [-0.2, -0.15) is 0 Å². The quantitative estimate of drug-likeness (QED) is 0.531. The second-order valence-electron chi connectivity index (χ2n) is 6.68. The lowest BCUT2D eigenvalue weighted by Crippen LogP contribution is -2.05. The van der Waals surface area contributed by atoms with E-state index < -0.39 is 0 Å². The third-order valence-corrected chi connectivity index (χ3v) is 5.57. The first-order chi connectivity index (χ1) is 14.4. The molecule has 1 unspecified atom stereocenters. The number of rotatable bonds is 8. The van der Waals surface area contributed by atoms with E-state index in [0.29, 0.717) is 28.3 Å². The van der Waals surface area contributed by atoms with Crippen molar-refractivity contribution >= 4 is 34.0 Å². The van der Waals surface area contributed by atoms with E-state index in [-0.39, 0.29) is 11.8 Å². The van der Waals surface area contributed by atoms with Crippen LogP contribution in [0.3, 0.4) is 0 Å². The Labute approximate surface area is 179 Å². The third-order valence-electron chi connectivity index (χ3n) is 4.56. The number of carbonyl (C=O) groups excluding carboxylic acids is 1. The first-order valence-corrected chi connectivity index (χ1v) is 10.4. The minimum atomic E-state index is -0.152. The Morgan fingerprint density at radius 3 is 2.67 bits per heavy atom. The SMILES string of the molecule is CCC(C)c1nc(NC(C)=O)sc1-c1ccnc(Nc2cc(OC)ccc2OC)n1. The molecule has 0 saturated heterocycles. The van der Waals surface area contributed by atoms with Crippen LogP contribution in [0.4, 0.5) is 16.8 Å². The molecule has 9 heteroatoms. The van der Waals surface area contributed by atoms with Gasteiger partial charge in [-0.25, -0.2) is 15.0 Å². The number of hydrogen-bond donors (Lipinski definition) is 2. The summed E-state index contributed by atoms with van der Waals surface area (Å²) in [5.41, 5.74) is 2.34. The summed E-state index contributed by atoms with van der Waals surface area (Å²) in [4.78, 5) is 26.0. The normalized spacial score (nSPS) is 11.6. The first-order valence-electron chi connectivity index (χ1n) is 9.55. The molecule has 1 amide bonds. The van der Waals surface area contributed by atoms with E-state index in [4.69, 9.17) is 9.47 Å². The lowest BCUT2D eigenvalue weighted by molar-refractivity contribution is -0.114. The van der Waals surface area contributed by atoms with Crippen LogP contribution >= 0.6 is 11.3 Å². The molecule has 1 atom stereocenters. The van der Waals surface area contributed by atoms with E-state index in [9.17, 15) is 4.79 Å². The number of carbonyl (C=O) groups is 1. The zero-order chi connectivity index (χ0) is 21.7. The second-order valence-corrected chi connectivity index (χ2v) is 7.68. The van der Waals surface area contributed by atoms with Gasteiger partial charge in [0.15, 0.2) is 5.13 Å². The highest BCUT2D eigenvalue weighted by Gasteiger charge is 2.20. The van der Waals surface area contributed by atoms with Gasteiger partial charge in [0.1, 0.15) is 11.5 Å². The highest BCUT2D eigenvalue weighted by atomic mass is 32.1. The van der Waals surface area contributed by atoms with Gasteiger partial charge in [-0.1, -0.05) is 25.2 Å². The Balaban J connectivity index is 1.98. The number of aromatic nitrogens is 3. The molecule has 2 heterocycles. The maximum Gasteiger partial charge on any atom is 0.227 e. The maximum atomic E-state index is 11.5. The summed E-state index contributed by atoms with van der Waals surface area (Å²) in [6.07, 6.45) is 2.61. The summed E-state index contributed by atoms with van der Waals surface area (Å²) in [6, 6.07) is 7.29. The van der Waals surface area contributed by atoms with Crippen LogP contribution in [0, 0.1) is 0 Å². The molecule has 2 N–H and O–H groups in total. The molecule has 0 aliphatic heterocycles. The van der Waals surface area contributed by atoms with Crippen molar-refractivity contribution < 1.29 is 14.3 Å². The second kappa shape index (κ2) is 9.53. The largest absolute Gasteiger partial charge is 0.497 e. The van der Waals surface area contributed by atoms with Crippen LogP contribution in [-0.4, -0.2) is 35.1 Å². The summed E-state index contributed by atoms with van der Waals surface area (Å²) in [5, 5.41) is 6.54. The van der Waals surface area contributed by atoms with Crippen molar-refractivity contribution in [1.29, 1.82) is 0 Å². The Morgan fingerprint density at radius 1 is 1.20 bits per heavy atom. The van der Waals surface area contributed by atoms with Crippen molar-refractivity contribution in [2.75, 3.05) is 24.9 Å². The van der Waals surface area contributed by atoms with E-state index >= 15 is 0 Å². The van der Waals surface area contributed by atoms with Crippen molar-refractivity contribution in [3.8, 4) is 22.1 Å². The number of benzene rings is 1. The minimum Gasteiger partial charge on any atom is -0.497 e. The fourth-order valence-electron chi connectivity index (χ4n) is 2.82. The van der Waals surface area contributed by atoms with Gasteiger partial charge in [0.05, 0.1) is 36.2 Å². The summed E-state index contributed by atoms with van der Waals surface area (Å²) in [5.74, 6) is 1.83. The van der Waals surface area contributed by atoms with Crippen molar-refractivity contribution in [3.63, 3.8) is 0 Å². The third kappa shape index (κ3) is 4.85. The minimum absolute atomic E-state index is 0.152. The number of ether oxygens (including phenoxy) is 2. The standard InChI is InChI=1S/C21H25N5O3S/c1-6-12(2)18-19(30-21(26-18)23-13(3)27)15-9-10-22-20(24-15)25-16-11-14(28-4)7-8-17(16)29-5/h7-12H,6H2,1-5H3,(H,22,24,25)(H,23,26,27). The van der Waals surface area contributed by atoms with Gasteiger partial charge in [0.2, 0.25) is 11.9 Å². The van der Waals surface area contributed by atoms with E-state index in [1.807, 2.05) is 24.3 Å². The number of methoxy groups -OCH3 is 2. The molecule has 0 bridgehead atoms. The van der Waals surface area contributed by atoms with Crippen molar-refractivity contribution in [1.82, 2.24) is 15.0 Å². The molecule has 0 radical (unpaired) electrons. The van der Waals surface area contributed by atoms with Gasteiger partial charge in [-0.15, -0.1) is 0 Å². The lowest BCUT2D eigenvalue weighted by Gasteiger charge is -2.12. The summed E-state index contributed by atoms with van der Waals surface area (Å²) in [7, 11) is 3.21. The van der Waals surface area contributed by atoms with Crippen LogP contribution < -0.4 is 20.1 Å². The van der Waals surface area contributed by atoms with Crippen molar-refractivity contribution in [2.24, 2.45) is 0 Å². The van der Waals surface area contributed by atoms with Crippen LogP contribution in [0.25, 0.3) is 10.6 Å². The molecule has 0 saturated carbocycles. The van der Waals surface area contributed by atoms with Gasteiger partial charge in [-0.05, 0) is 30.5 Å². The predicted octanol–water partition coefficient (Wildman–Crippen LogP) is 4.83. The molecule has 0 aliphatic rings. The van der Waals surface area contributed by atoms with E-state index in [2.05, 4.69) is 39.4 Å². The summed E-state index contributed by atoms with van der Waals surface area (Å²) < 4.78 is 10.7. The van der Waals surface area contributed by atoms with Gasteiger partial charge in [0.25, 0.3) is 0 Å². The van der Waals surface area contributed by atoms with Crippen LogP contribution in [-0.2, 0) is 4.79 Å². The van der Waals surface area contributed by atoms with Crippen molar-refractivity contribution in [2.45, 2.75) is 33.1 Å². The highest BCUT2D eigenvalue weighted by molar-refractivity contribution is 7.19. The number of nitrogens with one attached hydrogen (secondary N) is 2. The van der Waals surface area contributed by atoms with Gasteiger partial charge < -0.3 is 20.1 Å². The lowest BCUT2D eigenvalue weighted by atomic mass is 10.0. The van der Waals surface area contributed by atoms with E-state index in [1.165, 1.54) is 18.3 Å². The number of nitrogens with zero attached hydrogens (tertiary/aromatic N) is 3. The Hall–Kier alpha value is -3.20. The first kappa shape index (κ1) is 21.5. The molecule has 30 heavy (non-hydrogen) atoms. The fraction of sp³-hybridized carbons (Fsp3) is 0.333. The summed E-state index contributed by atoms with van der Waals surface area (Å²) >= 11 is 1.41. The molecule has 1 aromatic carbocycles. The molecular formula is C21H25N5O3S. The molecule has 0 spiro atoms. The number of thiazole rings is 1. The Bertz CT molecular complexity index is 1040.